The van der Waals surface area contributed by atoms with Crippen LogP contribution in [-0.4, -0.2) is 47.2 Å². The van der Waals surface area contributed by atoms with Crippen molar-refractivity contribution in [2.45, 2.75) is 63.5 Å². The van der Waals surface area contributed by atoms with Gasteiger partial charge in [-0.25, -0.2) is 0 Å². The van der Waals surface area contributed by atoms with Crippen LogP contribution in [0.3, 0.4) is 0 Å². The summed E-state index contributed by atoms with van der Waals surface area (Å²) < 4.78 is 5.24. The van der Waals surface area contributed by atoms with Crippen molar-refractivity contribution in [3.63, 3.8) is 0 Å². The van der Waals surface area contributed by atoms with Crippen molar-refractivity contribution in [1.29, 1.82) is 0 Å². The lowest BCUT2D eigenvalue weighted by atomic mass is 10.1. The minimum atomic E-state index is 0.359. The van der Waals surface area contributed by atoms with Crippen LogP contribution < -0.4 is 26.0 Å². The zero-order valence-corrected chi connectivity index (χ0v) is 18.8. The molecule has 2 aromatic rings. The number of benzene rings is 1. The average Bonchev–Trinajstić information content (AvgIpc) is 3.03. The van der Waals surface area contributed by atoms with Gasteiger partial charge in [0.15, 0.2) is 0 Å². The number of rotatable bonds is 7. The Labute approximate surface area is 188 Å². The van der Waals surface area contributed by atoms with E-state index in [1.54, 1.807) is 7.11 Å². The standard InChI is InChI=1S/C22H32ClN7O/c1-31-19-9-8-17(14-18(19)23)27-22-29-20(25-15-6-4-2-3-5-7-15)28-21(30-22)26-16-10-12-24-13-11-16/h8-9,14-16,24H,2-7,10-13H2,1H3,(H3,25,26,27,28,29,30). The Balaban J connectivity index is 1.54. The van der Waals surface area contributed by atoms with Crippen LogP contribution in [0.5, 0.6) is 5.75 Å². The highest BCUT2D eigenvalue weighted by Gasteiger charge is 2.18. The fourth-order valence-corrected chi connectivity index (χ4v) is 4.45. The quantitative estimate of drug-likeness (QED) is 0.460. The molecule has 0 atom stereocenters. The van der Waals surface area contributed by atoms with Gasteiger partial charge in [0.1, 0.15) is 5.75 Å². The number of hydrogen-bond acceptors (Lipinski definition) is 8. The summed E-state index contributed by atoms with van der Waals surface area (Å²) in [5, 5.41) is 14.2. The number of piperidine rings is 1. The van der Waals surface area contributed by atoms with Crippen LogP contribution in [0.1, 0.15) is 51.4 Å². The molecular formula is C22H32ClN7O. The zero-order valence-electron chi connectivity index (χ0n) is 18.1. The molecule has 0 spiro atoms. The van der Waals surface area contributed by atoms with E-state index in [0.717, 1.165) is 44.5 Å². The minimum absolute atomic E-state index is 0.359. The van der Waals surface area contributed by atoms with Gasteiger partial charge in [0.2, 0.25) is 17.8 Å². The Kier molecular flexibility index (Phi) is 7.64. The molecule has 8 nitrogen and oxygen atoms in total. The lowest BCUT2D eigenvalue weighted by Crippen LogP contribution is -2.36. The predicted octanol–water partition coefficient (Wildman–Crippen LogP) is 4.58. The van der Waals surface area contributed by atoms with Gasteiger partial charge in [-0.1, -0.05) is 37.3 Å². The topological polar surface area (TPSA) is 96.0 Å². The maximum atomic E-state index is 6.28. The van der Waals surface area contributed by atoms with Crippen molar-refractivity contribution in [3.05, 3.63) is 23.2 Å². The van der Waals surface area contributed by atoms with Crippen molar-refractivity contribution >= 4 is 35.1 Å². The number of anilines is 4. The van der Waals surface area contributed by atoms with Gasteiger partial charge in [0.05, 0.1) is 12.1 Å². The van der Waals surface area contributed by atoms with Crippen molar-refractivity contribution in [2.24, 2.45) is 0 Å². The first-order chi connectivity index (χ1) is 15.2. The Morgan fingerprint density at radius 1 is 0.871 bits per heavy atom. The molecular weight excluding hydrogens is 414 g/mol. The first-order valence-corrected chi connectivity index (χ1v) is 11.7. The second-order valence-corrected chi connectivity index (χ2v) is 8.69. The summed E-state index contributed by atoms with van der Waals surface area (Å²) >= 11 is 6.28. The van der Waals surface area contributed by atoms with E-state index in [9.17, 15) is 0 Å². The van der Waals surface area contributed by atoms with Crippen LogP contribution in [0.15, 0.2) is 18.2 Å². The third-order valence-electron chi connectivity index (χ3n) is 5.90. The van der Waals surface area contributed by atoms with E-state index in [2.05, 4.69) is 36.2 Å². The zero-order chi connectivity index (χ0) is 21.5. The van der Waals surface area contributed by atoms with Crippen molar-refractivity contribution in [1.82, 2.24) is 20.3 Å². The van der Waals surface area contributed by atoms with Crippen LogP contribution in [0.4, 0.5) is 23.5 Å². The predicted molar refractivity (Wildman–Crippen MR) is 126 cm³/mol. The van der Waals surface area contributed by atoms with E-state index in [-0.39, 0.29) is 0 Å². The molecule has 4 rings (SSSR count). The fraction of sp³-hybridized carbons (Fsp3) is 0.591. The van der Waals surface area contributed by atoms with E-state index in [1.807, 2.05) is 18.2 Å². The molecule has 2 fully saturated rings. The maximum absolute atomic E-state index is 6.28. The SMILES string of the molecule is COc1ccc(Nc2nc(NC3CCCCCC3)nc(NC3CCNCC3)n2)cc1Cl. The normalized spacial score (nSPS) is 18.3. The van der Waals surface area contributed by atoms with Crippen LogP contribution in [0, 0.1) is 0 Å². The average molecular weight is 446 g/mol. The molecule has 0 bridgehead atoms. The summed E-state index contributed by atoms with van der Waals surface area (Å²) in [7, 11) is 1.60. The molecule has 2 aliphatic rings. The first-order valence-electron chi connectivity index (χ1n) is 11.3. The monoisotopic (exact) mass is 445 g/mol. The van der Waals surface area contributed by atoms with Crippen molar-refractivity contribution < 1.29 is 4.74 Å². The second-order valence-electron chi connectivity index (χ2n) is 8.28. The van der Waals surface area contributed by atoms with Crippen LogP contribution in [0.2, 0.25) is 5.02 Å². The van der Waals surface area contributed by atoms with E-state index >= 15 is 0 Å². The molecule has 1 aliphatic heterocycles. The molecule has 1 aromatic heterocycles. The summed E-state index contributed by atoms with van der Waals surface area (Å²) in [6.45, 7) is 2.01. The molecule has 1 saturated carbocycles. The molecule has 168 valence electrons. The third kappa shape index (κ3) is 6.33. The number of hydrogen-bond donors (Lipinski definition) is 4. The minimum Gasteiger partial charge on any atom is -0.495 e. The largest absolute Gasteiger partial charge is 0.495 e. The van der Waals surface area contributed by atoms with Gasteiger partial charge < -0.3 is 26.0 Å². The lowest BCUT2D eigenvalue weighted by molar-refractivity contribution is 0.415. The summed E-state index contributed by atoms with van der Waals surface area (Å²) in [6.07, 6.45) is 9.52. The molecule has 1 aliphatic carbocycles. The smallest absolute Gasteiger partial charge is 0.233 e. The molecule has 0 amide bonds. The molecule has 9 heteroatoms. The molecule has 0 radical (unpaired) electrons. The number of nitrogens with zero attached hydrogens (tertiary/aromatic N) is 3. The van der Waals surface area contributed by atoms with E-state index in [0.29, 0.717) is 40.7 Å². The summed E-state index contributed by atoms with van der Waals surface area (Å²) in [6, 6.07) is 6.29. The van der Waals surface area contributed by atoms with Gasteiger partial charge in [0.25, 0.3) is 0 Å². The summed E-state index contributed by atoms with van der Waals surface area (Å²) in [4.78, 5) is 14.0. The third-order valence-corrected chi connectivity index (χ3v) is 6.20. The molecule has 31 heavy (non-hydrogen) atoms. The van der Waals surface area contributed by atoms with Crippen molar-refractivity contribution in [3.8, 4) is 5.75 Å². The number of methoxy groups -OCH3 is 1. The Hall–Kier alpha value is -2.32. The molecule has 2 heterocycles. The van der Waals surface area contributed by atoms with Gasteiger partial charge in [0, 0.05) is 17.8 Å². The van der Waals surface area contributed by atoms with Crippen LogP contribution >= 0.6 is 11.6 Å². The highest BCUT2D eigenvalue weighted by Crippen LogP contribution is 2.29. The molecule has 1 aromatic carbocycles. The molecule has 0 unspecified atom stereocenters. The molecule has 1 saturated heterocycles. The highest BCUT2D eigenvalue weighted by molar-refractivity contribution is 6.32. The number of halogens is 1. The van der Waals surface area contributed by atoms with Gasteiger partial charge in [-0.3, -0.25) is 0 Å². The lowest BCUT2D eigenvalue weighted by Gasteiger charge is -2.24. The number of ether oxygens (including phenoxy) is 1. The Bertz CT molecular complexity index is 852. The van der Waals surface area contributed by atoms with Crippen molar-refractivity contribution in [2.75, 3.05) is 36.1 Å². The number of aromatic nitrogens is 3. The summed E-state index contributed by atoms with van der Waals surface area (Å²) in [5.41, 5.74) is 0.797. The van der Waals surface area contributed by atoms with Crippen LogP contribution in [0.25, 0.3) is 0 Å². The van der Waals surface area contributed by atoms with Crippen LogP contribution in [-0.2, 0) is 0 Å². The van der Waals surface area contributed by atoms with Gasteiger partial charge in [-0.15, -0.1) is 0 Å². The van der Waals surface area contributed by atoms with Gasteiger partial charge in [-0.2, -0.15) is 15.0 Å². The second kappa shape index (κ2) is 10.8. The first kappa shape index (κ1) is 21.9. The fourth-order valence-electron chi connectivity index (χ4n) is 4.19. The maximum Gasteiger partial charge on any atom is 0.233 e. The number of nitrogens with one attached hydrogen (secondary N) is 4. The Morgan fingerprint density at radius 3 is 2.10 bits per heavy atom. The van der Waals surface area contributed by atoms with E-state index in [4.69, 9.17) is 16.3 Å². The Morgan fingerprint density at radius 2 is 1.48 bits per heavy atom. The molecule has 4 N–H and O–H groups in total. The van der Waals surface area contributed by atoms with E-state index in [1.165, 1.54) is 25.7 Å². The van der Waals surface area contributed by atoms with Gasteiger partial charge in [-0.05, 0) is 57.0 Å². The van der Waals surface area contributed by atoms with Gasteiger partial charge >= 0.3 is 0 Å². The van der Waals surface area contributed by atoms with E-state index < -0.39 is 0 Å². The summed E-state index contributed by atoms with van der Waals surface area (Å²) in [5.74, 6) is 2.33. The highest BCUT2D eigenvalue weighted by atomic mass is 35.5.